The number of aliphatic hydroxyl groups excluding tert-OH is 1. The fraction of sp³-hybridized carbons (Fsp3) is 0.611. The van der Waals surface area contributed by atoms with E-state index in [0.717, 1.165) is 45.1 Å². The number of rotatable bonds is 7. The molecule has 1 saturated heterocycles. The zero-order valence-corrected chi connectivity index (χ0v) is 13.5. The second-order valence-electron chi connectivity index (χ2n) is 6.34. The summed E-state index contributed by atoms with van der Waals surface area (Å²) < 4.78 is 5.70. The summed E-state index contributed by atoms with van der Waals surface area (Å²) in [5.41, 5.74) is 1.25. The van der Waals surface area contributed by atoms with Crippen LogP contribution in [0.4, 0.5) is 0 Å². The topological polar surface area (TPSA) is 70.0 Å². The molecule has 2 aliphatic rings. The van der Waals surface area contributed by atoms with E-state index in [1.165, 1.54) is 18.5 Å². The van der Waals surface area contributed by atoms with Crippen LogP contribution in [0, 0.1) is 11.8 Å². The first-order valence-corrected chi connectivity index (χ1v) is 8.34. The van der Waals surface area contributed by atoms with Crippen LogP contribution in [0.5, 0.6) is 0 Å². The molecular formula is C18H27NO4. The van der Waals surface area contributed by atoms with Crippen LogP contribution in [-0.4, -0.2) is 53.9 Å². The van der Waals surface area contributed by atoms with Crippen molar-refractivity contribution < 1.29 is 19.7 Å². The summed E-state index contributed by atoms with van der Waals surface area (Å²) in [6.45, 7) is 4.79. The van der Waals surface area contributed by atoms with E-state index in [0.29, 0.717) is 5.92 Å². The van der Waals surface area contributed by atoms with Crippen molar-refractivity contribution in [2.24, 2.45) is 11.8 Å². The van der Waals surface area contributed by atoms with E-state index in [2.05, 4.69) is 29.2 Å². The Hall–Kier alpha value is -1.43. The molecule has 2 fully saturated rings. The molecule has 1 aromatic carbocycles. The van der Waals surface area contributed by atoms with Gasteiger partial charge in [0.1, 0.15) is 0 Å². The molecule has 5 nitrogen and oxygen atoms in total. The monoisotopic (exact) mass is 321 g/mol. The fourth-order valence-corrected chi connectivity index (χ4v) is 3.45. The SMILES string of the molecule is O=CO.O[C@H]1C[C@@H]2CN(CCCCOCc3ccccc3)C[C@@H]21. The largest absolute Gasteiger partial charge is 0.483 e. The number of carboxylic acid groups (broad SMARTS) is 1. The van der Waals surface area contributed by atoms with Crippen LogP contribution in [0.1, 0.15) is 24.8 Å². The Balaban J connectivity index is 0.000000595. The Morgan fingerprint density at radius 3 is 2.61 bits per heavy atom. The van der Waals surface area contributed by atoms with E-state index in [1.807, 2.05) is 6.07 Å². The number of carbonyl (C=O) groups is 1. The van der Waals surface area contributed by atoms with Crippen molar-refractivity contribution in [1.29, 1.82) is 0 Å². The van der Waals surface area contributed by atoms with Crippen LogP contribution < -0.4 is 0 Å². The van der Waals surface area contributed by atoms with Crippen LogP contribution in [-0.2, 0) is 16.1 Å². The summed E-state index contributed by atoms with van der Waals surface area (Å²) in [6, 6.07) is 10.3. The Labute approximate surface area is 137 Å². The molecule has 1 aliphatic heterocycles. The number of unbranched alkanes of at least 4 members (excludes halogenated alkanes) is 1. The van der Waals surface area contributed by atoms with Gasteiger partial charge in [0, 0.05) is 25.6 Å². The molecule has 23 heavy (non-hydrogen) atoms. The van der Waals surface area contributed by atoms with Gasteiger partial charge in [0.05, 0.1) is 12.7 Å². The molecule has 0 unspecified atom stereocenters. The van der Waals surface area contributed by atoms with Crippen LogP contribution in [0.15, 0.2) is 30.3 Å². The minimum atomic E-state index is -0.250. The molecule has 5 heteroatoms. The zero-order valence-electron chi connectivity index (χ0n) is 13.5. The van der Waals surface area contributed by atoms with Gasteiger partial charge in [-0.1, -0.05) is 30.3 Å². The Morgan fingerprint density at radius 2 is 1.96 bits per heavy atom. The molecule has 1 aromatic rings. The van der Waals surface area contributed by atoms with Gasteiger partial charge < -0.3 is 19.8 Å². The first kappa shape index (κ1) is 17.9. The summed E-state index contributed by atoms with van der Waals surface area (Å²) in [4.78, 5) is 10.9. The lowest BCUT2D eigenvalue weighted by Gasteiger charge is -2.35. The molecule has 128 valence electrons. The molecule has 1 aliphatic carbocycles. The quantitative estimate of drug-likeness (QED) is 0.594. The maximum Gasteiger partial charge on any atom is 0.290 e. The number of ether oxygens (including phenoxy) is 1. The number of aliphatic hydroxyl groups is 1. The van der Waals surface area contributed by atoms with Gasteiger partial charge in [0.2, 0.25) is 0 Å². The Morgan fingerprint density at radius 1 is 1.22 bits per heavy atom. The molecule has 0 aromatic heterocycles. The second-order valence-corrected chi connectivity index (χ2v) is 6.34. The van der Waals surface area contributed by atoms with Gasteiger partial charge in [-0.15, -0.1) is 0 Å². The highest BCUT2D eigenvalue weighted by Gasteiger charge is 2.45. The van der Waals surface area contributed by atoms with Gasteiger partial charge >= 0.3 is 0 Å². The first-order valence-electron chi connectivity index (χ1n) is 8.34. The fourth-order valence-electron chi connectivity index (χ4n) is 3.45. The summed E-state index contributed by atoms with van der Waals surface area (Å²) in [6.07, 6.45) is 3.34. The lowest BCUT2D eigenvalue weighted by atomic mass is 9.74. The van der Waals surface area contributed by atoms with Crippen LogP contribution in [0.3, 0.4) is 0 Å². The molecule has 0 amide bonds. The van der Waals surface area contributed by atoms with E-state index in [9.17, 15) is 5.11 Å². The summed E-state index contributed by atoms with van der Waals surface area (Å²) in [5, 5.41) is 16.5. The number of hydrogen-bond donors (Lipinski definition) is 2. The number of likely N-dealkylation sites (tertiary alicyclic amines) is 1. The molecular weight excluding hydrogens is 294 g/mol. The van der Waals surface area contributed by atoms with E-state index < -0.39 is 0 Å². The average Bonchev–Trinajstić information content (AvgIpc) is 2.89. The number of nitrogens with zero attached hydrogens (tertiary/aromatic N) is 1. The molecule has 2 N–H and O–H groups in total. The summed E-state index contributed by atoms with van der Waals surface area (Å²) in [5.74, 6) is 1.35. The van der Waals surface area contributed by atoms with Crippen molar-refractivity contribution in [3.8, 4) is 0 Å². The highest BCUT2D eigenvalue weighted by atomic mass is 16.5. The minimum Gasteiger partial charge on any atom is -0.483 e. The second kappa shape index (κ2) is 9.65. The van der Waals surface area contributed by atoms with Crippen molar-refractivity contribution >= 4 is 6.47 Å². The van der Waals surface area contributed by atoms with Gasteiger partial charge in [-0.25, -0.2) is 0 Å². The van der Waals surface area contributed by atoms with Crippen LogP contribution in [0.2, 0.25) is 0 Å². The Kier molecular flexibility index (Phi) is 7.52. The van der Waals surface area contributed by atoms with Crippen molar-refractivity contribution in [1.82, 2.24) is 4.90 Å². The molecule has 3 rings (SSSR count). The molecule has 1 heterocycles. The van der Waals surface area contributed by atoms with Crippen molar-refractivity contribution in [3.63, 3.8) is 0 Å². The number of benzene rings is 1. The first-order chi connectivity index (χ1) is 11.2. The average molecular weight is 321 g/mol. The maximum atomic E-state index is 9.64. The van der Waals surface area contributed by atoms with E-state index in [1.54, 1.807) is 0 Å². The smallest absolute Gasteiger partial charge is 0.290 e. The molecule has 3 atom stereocenters. The van der Waals surface area contributed by atoms with E-state index in [-0.39, 0.29) is 12.6 Å². The third-order valence-electron chi connectivity index (χ3n) is 4.73. The van der Waals surface area contributed by atoms with E-state index >= 15 is 0 Å². The molecule has 0 bridgehead atoms. The molecule has 1 saturated carbocycles. The zero-order chi connectivity index (χ0) is 16.5. The predicted molar refractivity (Wildman–Crippen MR) is 88.1 cm³/mol. The van der Waals surface area contributed by atoms with Gasteiger partial charge in [-0.2, -0.15) is 0 Å². The van der Waals surface area contributed by atoms with E-state index in [4.69, 9.17) is 14.6 Å². The summed E-state index contributed by atoms with van der Waals surface area (Å²) in [7, 11) is 0. The predicted octanol–water partition coefficient (Wildman–Crippen LogP) is 2.00. The van der Waals surface area contributed by atoms with Crippen molar-refractivity contribution in [2.45, 2.75) is 32.0 Å². The maximum absolute atomic E-state index is 9.64. The lowest BCUT2D eigenvalue weighted by Crippen LogP contribution is -2.39. The number of fused-ring (bicyclic) bond motifs is 1. The van der Waals surface area contributed by atoms with Crippen LogP contribution in [0.25, 0.3) is 0 Å². The minimum absolute atomic E-state index is 0.0146. The normalized spacial score (nSPS) is 25.9. The van der Waals surface area contributed by atoms with Crippen LogP contribution >= 0.6 is 0 Å². The molecule has 0 radical (unpaired) electrons. The van der Waals surface area contributed by atoms with Gasteiger partial charge in [0.25, 0.3) is 6.47 Å². The van der Waals surface area contributed by atoms with Crippen molar-refractivity contribution in [2.75, 3.05) is 26.2 Å². The number of hydrogen-bond acceptors (Lipinski definition) is 4. The third kappa shape index (κ3) is 5.61. The van der Waals surface area contributed by atoms with Crippen molar-refractivity contribution in [3.05, 3.63) is 35.9 Å². The van der Waals surface area contributed by atoms with Gasteiger partial charge in [-0.3, -0.25) is 4.79 Å². The van der Waals surface area contributed by atoms with Gasteiger partial charge in [0.15, 0.2) is 0 Å². The summed E-state index contributed by atoms with van der Waals surface area (Å²) >= 11 is 0. The van der Waals surface area contributed by atoms with Gasteiger partial charge in [-0.05, 0) is 37.3 Å². The highest BCUT2D eigenvalue weighted by Crippen LogP contribution is 2.40. The highest BCUT2D eigenvalue weighted by molar-refractivity contribution is 5.32. The standard InChI is InChI=1S/C17H25NO2.CH2O2/c19-17-10-15-11-18(12-16(15)17)8-4-5-9-20-13-14-6-2-1-3-7-14;2-1-3/h1-3,6-7,15-17,19H,4-5,8-13H2;1H,(H,2,3)/t15-,16+,17+;/m1./s1. The third-order valence-corrected chi connectivity index (χ3v) is 4.73. The Bertz CT molecular complexity index is 454. The lowest BCUT2D eigenvalue weighted by molar-refractivity contribution is -0.122. The molecule has 0 spiro atoms.